The number of aliphatic imine (C=N–C) groups is 1. The topological polar surface area (TPSA) is 74.2 Å². The molecule has 0 aliphatic carbocycles. The van der Waals surface area contributed by atoms with E-state index in [9.17, 15) is 9.59 Å². The maximum absolute atomic E-state index is 13.6. The van der Waals surface area contributed by atoms with Crippen LogP contribution in [0.25, 0.3) is 0 Å². The zero-order chi connectivity index (χ0) is 26.0. The molecule has 2 amide bonds. The normalized spacial score (nSPS) is 17.9. The minimum absolute atomic E-state index is 0.168. The number of benzene rings is 3. The van der Waals surface area contributed by atoms with Crippen molar-refractivity contribution in [2.45, 2.75) is 32.4 Å². The second-order valence-corrected chi connectivity index (χ2v) is 10.3. The lowest BCUT2D eigenvalue weighted by Gasteiger charge is -2.37. The molecule has 0 unspecified atom stereocenters. The van der Waals surface area contributed by atoms with Gasteiger partial charge in [-0.15, -0.1) is 0 Å². The van der Waals surface area contributed by atoms with Crippen LogP contribution in [0.4, 0.5) is 16.2 Å². The summed E-state index contributed by atoms with van der Waals surface area (Å²) in [5.41, 5.74) is 4.59. The summed E-state index contributed by atoms with van der Waals surface area (Å²) in [5.74, 6) is -0.168. The molecule has 3 aromatic rings. The number of carbonyl (C=O) groups is 2. The van der Waals surface area contributed by atoms with Crippen molar-refractivity contribution in [3.8, 4) is 0 Å². The molecular formula is C30H32N4O3. The van der Waals surface area contributed by atoms with Gasteiger partial charge in [0.05, 0.1) is 17.1 Å². The van der Waals surface area contributed by atoms with Crippen molar-refractivity contribution in [3.63, 3.8) is 0 Å². The first-order chi connectivity index (χ1) is 17.8. The molecule has 0 saturated carbocycles. The second-order valence-electron chi connectivity index (χ2n) is 10.3. The van der Waals surface area contributed by atoms with Crippen molar-refractivity contribution < 1.29 is 14.3 Å². The predicted molar refractivity (Wildman–Crippen MR) is 146 cm³/mol. The Hall–Kier alpha value is -4.13. The molecule has 3 aromatic carbocycles. The molecule has 1 saturated heterocycles. The number of benzodiazepines with no additional fused rings is 1. The maximum Gasteiger partial charge on any atom is 0.410 e. The van der Waals surface area contributed by atoms with Gasteiger partial charge in [0.1, 0.15) is 5.60 Å². The summed E-state index contributed by atoms with van der Waals surface area (Å²) < 4.78 is 5.55. The van der Waals surface area contributed by atoms with E-state index in [-0.39, 0.29) is 12.0 Å². The van der Waals surface area contributed by atoms with Crippen LogP contribution in [0.3, 0.4) is 0 Å². The Kier molecular flexibility index (Phi) is 6.70. The number of rotatable bonds is 3. The molecule has 0 spiro atoms. The fourth-order valence-corrected chi connectivity index (χ4v) is 4.72. The molecule has 7 nitrogen and oxygen atoms in total. The lowest BCUT2D eigenvalue weighted by Crippen LogP contribution is -2.50. The van der Waals surface area contributed by atoms with E-state index < -0.39 is 11.6 Å². The van der Waals surface area contributed by atoms with Gasteiger partial charge in [0, 0.05) is 37.3 Å². The van der Waals surface area contributed by atoms with Crippen LogP contribution in [-0.4, -0.2) is 54.4 Å². The molecule has 0 bridgehead atoms. The fourth-order valence-electron chi connectivity index (χ4n) is 4.72. The van der Waals surface area contributed by atoms with Crippen LogP contribution >= 0.6 is 0 Å². The minimum Gasteiger partial charge on any atom is -0.444 e. The van der Waals surface area contributed by atoms with Gasteiger partial charge in [-0.05, 0) is 32.4 Å². The summed E-state index contributed by atoms with van der Waals surface area (Å²) in [5, 5.41) is 3.20. The summed E-state index contributed by atoms with van der Waals surface area (Å²) >= 11 is 0. The summed E-state index contributed by atoms with van der Waals surface area (Å²) in [4.78, 5) is 35.1. The number of nitrogens with one attached hydrogen (secondary N) is 1. The first-order valence-corrected chi connectivity index (χ1v) is 12.7. The zero-order valence-electron chi connectivity index (χ0n) is 21.5. The molecule has 1 fully saturated rings. The molecule has 2 aliphatic heterocycles. The average molecular weight is 497 g/mol. The summed E-state index contributed by atoms with van der Waals surface area (Å²) in [7, 11) is 0. The number of amides is 2. The van der Waals surface area contributed by atoms with Gasteiger partial charge >= 0.3 is 6.09 Å². The summed E-state index contributed by atoms with van der Waals surface area (Å²) in [6.45, 7) is 7.96. The smallest absolute Gasteiger partial charge is 0.410 e. The van der Waals surface area contributed by atoms with Gasteiger partial charge in [0.2, 0.25) is 0 Å². The molecule has 0 radical (unpaired) electrons. The molecule has 190 valence electrons. The van der Waals surface area contributed by atoms with E-state index in [1.54, 1.807) is 4.90 Å². The largest absolute Gasteiger partial charge is 0.444 e. The van der Waals surface area contributed by atoms with Crippen LogP contribution in [0.1, 0.15) is 43.5 Å². The lowest BCUT2D eigenvalue weighted by molar-refractivity contribution is -0.117. The van der Waals surface area contributed by atoms with Crippen molar-refractivity contribution in [2.75, 3.05) is 36.4 Å². The molecule has 1 N–H and O–H groups in total. The van der Waals surface area contributed by atoms with Crippen LogP contribution in [0.15, 0.2) is 83.9 Å². The van der Waals surface area contributed by atoms with E-state index in [2.05, 4.69) is 10.2 Å². The molecule has 5 rings (SSSR count). The van der Waals surface area contributed by atoms with E-state index >= 15 is 0 Å². The third-order valence-electron chi connectivity index (χ3n) is 6.49. The molecule has 1 atom stereocenters. The van der Waals surface area contributed by atoms with Gasteiger partial charge in [-0.3, -0.25) is 9.79 Å². The minimum atomic E-state index is -0.666. The standard InChI is InChI=1S/C30H32N4O3/c1-30(2,3)37-29(36)34-19-17-33(18-20-34)24-16-10-15-23-25(21-11-6-4-7-12-21)31-26(28(35)32-27(23)24)22-13-8-5-9-14-22/h4-16,26H,17-20H2,1-3H3,(H,32,35)/t26-/m0/s1. The van der Waals surface area contributed by atoms with Crippen molar-refractivity contribution >= 4 is 29.1 Å². The summed E-state index contributed by atoms with van der Waals surface area (Å²) in [6.07, 6.45) is -0.295. The van der Waals surface area contributed by atoms with Crippen LogP contribution in [0.2, 0.25) is 0 Å². The van der Waals surface area contributed by atoms with E-state index in [4.69, 9.17) is 9.73 Å². The first kappa shape index (κ1) is 24.6. The average Bonchev–Trinajstić information content (AvgIpc) is 3.05. The Bertz CT molecular complexity index is 1310. The van der Waals surface area contributed by atoms with Gasteiger partial charge in [0.25, 0.3) is 5.91 Å². The number of carbonyl (C=O) groups excluding carboxylic acids is 2. The third-order valence-corrected chi connectivity index (χ3v) is 6.49. The number of piperazine rings is 1. The zero-order valence-corrected chi connectivity index (χ0v) is 21.5. The Morgan fingerprint density at radius 1 is 0.892 bits per heavy atom. The van der Waals surface area contributed by atoms with Crippen LogP contribution in [0.5, 0.6) is 0 Å². The van der Waals surface area contributed by atoms with Crippen LogP contribution in [-0.2, 0) is 9.53 Å². The number of hydrogen-bond acceptors (Lipinski definition) is 5. The second kappa shape index (κ2) is 10.1. The van der Waals surface area contributed by atoms with Crippen LogP contribution in [0, 0.1) is 0 Å². The van der Waals surface area contributed by atoms with E-state index in [1.807, 2.05) is 99.6 Å². The fraction of sp³-hybridized carbons (Fsp3) is 0.300. The predicted octanol–water partition coefficient (Wildman–Crippen LogP) is 5.27. The van der Waals surface area contributed by atoms with E-state index in [0.29, 0.717) is 26.2 Å². The van der Waals surface area contributed by atoms with Gasteiger partial charge in [-0.2, -0.15) is 0 Å². The Balaban J connectivity index is 1.49. The number of anilines is 2. The number of nitrogens with zero attached hydrogens (tertiary/aromatic N) is 3. The first-order valence-electron chi connectivity index (χ1n) is 12.7. The lowest BCUT2D eigenvalue weighted by atomic mass is 9.99. The molecule has 0 aromatic heterocycles. The molecule has 7 heteroatoms. The van der Waals surface area contributed by atoms with Gasteiger partial charge in [0.15, 0.2) is 6.04 Å². The SMILES string of the molecule is CC(C)(C)OC(=O)N1CCN(c2cccc3c2NC(=O)[C@H](c2ccccc2)N=C3c2ccccc2)CC1. The summed E-state index contributed by atoms with van der Waals surface area (Å²) in [6, 6.07) is 25.0. The Morgan fingerprint density at radius 2 is 1.54 bits per heavy atom. The van der Waals surface area contributed by atoms with Gasteiger partial charge in [-0.1, -0.05) is 72.8 Å². The molecule has 2 aliphatic rings. The van der Waals surface area contributed by atoms with Crippen LogP contribution < -0.4 is 10.2 Å². The van der Waals surface area contributed by atoms with Crippen molar-refractivity contribution in [3.05, 3.63) is 95.6 Å². The van der Waals surface area contributed by atoms with Crippen molar-refractivity contribution in [2.24, 2.45) is 4.99 Å². The Labute approximate surface area is 217 Å². The highest BCUT2D eigenvalue weighted by atomic mass is 16.6. The van der Waals surface area contributed by atoms with E-state index in [1.165, 1.54) is 0 Å². The van der Waals surface area contributed by atoms with E-state index in [0.717, 1.165) is 33.8 Å². The number of hydrogen-bond donors (Lipinski definition) is 1. The Morgan fingerprint density at radius 3 is 2.19 bits per heavy atom. The van der Waals surface area contributed by atoms with Crippen molar-refractivity contribution in [1.82, 2.24) is 4.90 Å². The quantitative estimate of drug-likeness (QED) is 0.536. The van der Waals surface area contributed by atoms with Gasteiger partial charge in [-0.25, -0.2) is 4.79 Å². The molecular weight excluding hydrogens is 464 g/mol. The van der Waals surface area contributed by atoms with Gasteiger partial charge < -0.3 is 19.9 Å². The highest BCUT2D eigenvalue weighted by Crippen LogP contribution is 2.36. The number of para-hydroxylation sites is 1. The highest BCUT2D eigenvalue weighted by molar-refractivity contribution is 6.21. The monoisotopic (exact) mass is 496 g/mol. The van der Waals surface area contributed by atoms with Crippen molar-refractivity contribution in [1.29, 1.82) is 0 Å². The number of fused-ring (bicyclic) bond motifs is 1. The molecule has 2 heterocycles. The highest BCUT2D eigenvalue weighted by Gasteiger charge is 2.31. The number of ether oxygens (including phenoxy) is 1. The molecule has 37 heavy (non-hydrogen) atoms. The third kappa shape index (κ3) is 5.35. The maximum atomic E-state index is 13.6.